The third-order valence-electron chi connectivity index (χ3n) is 4.33. The van der Waals surface area contributed by atoms with E-state index in [1.165, 1.54) is 29.8 Å². The standard InChI is InChI=1S/C18H25N5O4/c1-21-16(13-17(24)22(2)18(21)25)20-12-4-11-19-10-3-5-14-6-8-15(9-7-14)23(26)27/h6-9,13,19-20H,3-5,10-12H2,1-2H3. The summed E-state index contributed by atoms with van der Waals surface area (Å²) in [5.41, 5.74) is 0.508. The SMILES string of the molecule is Cn1c(NCCCNCCCc2ccc([N+](=O)[O-])cc2)cc(=O)n(C)c1=O. The van der Waals surface area contributed by atoms with Gasteiger partial charge in [0.2, 0.25) is 0 Å². The Morgan fingerprint density at radius 1 is 1.00 bits per heavy atom. The lowest BCUT2D eigenvalue weighted by atomic mass is 10.1. The van der Waals surface area contributed by atoms with E-state index in [2.05, 4.69) is 10.6 Å². The van der Waals surface area contributed by atoms with Gasteiger partial charge in [-0.1, -0.05) is 12.1 Å². The molecule has 0 saturated heterocycles. The first-order valence-electron chi connectivity index (χ1n) is 8.85. The summed E-state index contributed by atoms with van der Waals surface area (Å²) in [5, 5.41) is 17.1. The van der Waals surface area contributed by atoms with Crippen LogP contribution in [-0.4, -0.2) is 33.7 Å². The van der Waals surface area contributed by atoms with E-state index in [0.29, 0.717) is 12.4 Å². The number of nitrogens with one attached hydrogen (secondary N) is 2. The smallest absolute Gasteiger partial charge is 0.332 e. The number of anilines is 1. The minimum Gasteiger partial charge on any atom is -0.371 e. The summed E-state index contributed by atoms with van der Waals surface area (Å²) in [4.78, 5) is 33.7. The molecule has 1 aromatic carbocycles. The fraction of sp³-hybridized carbons (Fsp3) is 0.444. The Balaban J connectivity index is 1.62. The van der Waals surface area contributed by atoms with Crippen molar-refractivity contribution >= 4 is 11.5 Å². The molecule has 9 heteroatoms. The average molecular weight is 375 g/mol. The van der Waals surface area contributed by atoms with Crippen molar-refractivity contribution in [1.82, 2.24) is 14.5 Å². The number of hydrogen-bond acceptors (Lipinski definition) is 6. The first-order chi connectivity index (χ1) is 12.9. The summed E-state index contributed by atoms with van der Waals surface area (Å²) in [6, 6.07) is 8.04. The zero-order chi connectivity index (χ0) is 19.8. The molecule has 146 valence electrons. The number of aryl methyl sites for hydroxylation is 1. The molecule has 0 aliphatic carbocycles. The summed E-state index contributed by atoms with van der Waals surface area (Å²) in [7, 11) is 3.08. The largest absolute Gasteiger partial charge is 0.371 e. The van der Waals surface area contributed by atoms with Crippen LogP contribution in [0.2, 0.25) is 0 Å². The van der Waals surface area contributed by atoms with Gasteiger partial charge in [0, 0.05) is 38.8 Å². The van der Waals surface area contributed by atoms with Crippen LogP contribution < -0.4 is 21.9 Å². The first-order valence-corrected chi connectivity index (χ1v) is 8.85. The zero-order valence-electron chi connectivity index (χ0n) is 15.6. The maximum Gasteiger partial charge on any atom is 0.332 e. The predicted octanol–water partition coefficient (Wildman–Crippen LogP) is 1.02. The van der Waals surface area contributed by atoms with Crippen molar-refractivity contribution in [3.8, 4) is 0 Å². The molecule has 0 bridgehead atoms. The number of non-ortho nitro benzene ring substituents is 1. The summed E-state index contributed by atoms with van der Waals surface area (Å²) in [5.74, 6) is 0.515. The van der Waals surface area contributed by atoms with Crippen LogP contribution in [0.5, 0.6) is 0 Å². The molecule has 0 amide bonds. The van der Waals surface area contributed by atoms with Gasteiger partial charge in [-0.15, -0.1) is 0 Å². The zero-order valence-corrected chi connectivity index (χ0v) is 15.6. The molecule has 0 spiro atoms. The summed E-state index contributed by atoms with van der Waals surface area (Å²) < 4.78 is 2.48. The third-order valence-corrected chi connectivity index (χ3v) is 4.33. The Morgan fingerprint density at radius 2 is 1.67 bits per heavy atom. The number of nitro benzene ring substituents is 1. The topological polar surface area (TPSA) is 111 Å². The summed E-state index contributed by atoms with van der Waals surface area (Å²) in [6.45, 7) is 2.31. The lowest BCUT2D eigenvalue weighted by Gasteiger charge is -2.12. The lowest BCUT2D eigenvalue weighted by molar-refractivity contribution is -0.384. The van der Waals surface area contributed by atoms with Crippen LogP contribution >= 0.6 is 0 Å². The van der Waals surface area contributed by atoms with Crippen LogP contribution in [-0.2, 0) is 20.5 Å². The molecule has 0 fully saturated rings. The van der Waals surface area contributed by atoms with Crippen LogP contribution in [0.4, 0.5) is 11.5 Å². The van der Waals surface area contributed by atoms with Gasteiger partial charge in [0.05, 0.1) is 4.92 Å². The number of nitro groups is 1. The van der Waals surface area contributed by atoms with Crippen LogP contribution in [0.25, 0.3) is 0 Å². The van der Waals surface area contributed by atoms with Gasteiger partial charge in [-0.25, -0.2) is 4.79 Å². The van der Waals surface area contributed by atoms with Crippen molar-refractivity contribution in [3.05, 3.63) is 66.8 Å². The van der Waals surface area contributed by atoms with Gasteiger partial charge in [-0.05, 0) is 37.9 Å². The van der Waals surface area contributed by atoms with E-state index in [1.807, 2.05) is 0 Å². The molecular weight excluding hydrogens is 350 g/mol. The predicted molar refractivity (Wildman–Crippen MR) is 104 cm³/mol. The molecule has 2 aromatic rings. The lowest BCUT2D eigenvalue weighted by Crippen LogP contribution is -2.37. The van der Waals surface area contributed by atoms with Gasteiger partial charge in [0.15, 0.2) is 0 Å². The number of rotatable bonds is 10. The Kier molecular flexibility index (Phi) is 7.30. The van der Waals surface area contributed by atoms with Crippen LogP contribution in [0, 0.1) is 10.1 Å². The molecule has 0 atom stereocenters. The maximum absolute atomic E-state index is 11.8. The fourth-order valence-corrected chi connectivity index (χ4v) is 2.66. The number of benzene rings is 1. The van der Waals surface area contributed by atoms with Gasteiger partial charge in [0.25, 0.3) is 11.2 Å². The van der Waals surface area contributed by atoms with E-state index in [0.717, 1.165) is 42.5 Å². The molecule has 2 N–H and O–H groups in total. The van der Waals surface area contributed by atoms with Crippen LogP contribution in [0.3, 0.4) is 0 Å². The van der Waals surface area contributed by atoms with Gasteiger partial charge < -0.3 is 10.6 Å². The van der Waals surface area contributed by atoms with E-state index >= 15 is 0 Å². The van der Waals surface area contributed by atoms with Gasteiger partial charge >= 0.3 is 5.69 Å². The number of nitrogens with zero attached hydrogens (tertiary/aromatic N) is 3. The van der Waals surface area contributed by atoms with Gasteiger partial charge in [-0.2, -0.15) is 0 Å². The van der Waals surface area contributed by atoms with Crippen molar-refractivity contribution < 1.29 is 4.92 Å². The second-order valence-corrected chi connectivity index (χ2v) is 6.33. The van der Waals surface area contributed by atoms with Crippen molar-refractivity contribution in [2.24, 2.45) is 14.1 Å². The summed E-state index contributed by atoms with van der Waals surface area (Å²) in [6.07, 6.45) is 2.65. The Morgan fingerprint density at radius 3 is 2.33 bits per heavy atom. The Bertz CT molecular complexity index is 886. The highest BCUT2D eigenvalue weighted by molar-refractivity contribution is 5.34. The average Bonchev–Trinajstić information content (AvgIpc) is 2.66. The van der Waals surface area contributed by atoms with E-state index in [9.17, 15) is 19.7 Å². The second kappa shape index (κ2) is 9.67. The minimum atomic E-state index is -0.398. The molecule has 0 unspecified atom stereocenters. The number of aromatic nitrogens is 2. The molecule has 0 saturated carbocycles. The highest BCUT2D eigenvalue weighted by atomic mass is 16.6. The Hall–Kier alpha value is -2.94. The highest BCUT2D eigenvalue weighted by Crippen LogP contribution is 2.12. The van der Waals surface area contributed by atoms with Crippen molar-refractivity contribution in [2.45, 2.75) is 19.3 Å². The molecule has 27 heavy (non-hydrogen) atoms. The molecule has 0 aliphatic heterocycles. The molecule has 9 nitrogen and oxygen atoms in total. The normalized spacial score (nSPS) is 10.7. The maximum atomic E-state index is 11.8. The highest BCUT2D eigenvalue weighted by Gasteiger charge is 2.05. The van der Waals surface area contributed by atoms with E-state index in [4.69, 9.17) is 0 Å². The molecule has 0 aliphatic rings. The van der Waals surface area contributed by atoms with E-state index in [-0.39, 0.29) is 16.9 Å². The molecule has 1 heterocycles. The van der Waals surface area contributed by atoms with Crippen molar-refractivity contribution in [2.75, 3.05) is 25.0 Å². The quantitative estimate of drug-likeness (QED) is 0.364. The molecule has 0 radical (unpaired) electrons. The molecule has 2 rings (SSSR count). The molecular formula is C18H25N5O4. The van der Waals surface area contributed by atoms with Gasteiger partial charge in [0.1, 0.15) is 5.82 Å². The van der Waals surface area contributed by atoms with Crippen molar-refractivity contribution in [3.63, 3.8) is 0 Å². The number of hydrogen-bond donors (Lipinski definition) is 2. The summed E-state index contributed by atoms with van der Waals surface area (Å²) >= 11 is 0. The monoisotopic (exact) mass is 375 g/mol. The van der Waals surface area contributed by atoms with Crippen LogP contribution in [0.15, 0.2) is 39.9 Å². The third kappa shape index (κ3) is 5.78. The first kappa shape index (κ1) is 20.4. The fourth-order valence-electron chi connectivity index (χ4n) is 2.66. The van der Waals surface area contributed by atoms with Gasteiger partial charge in [-0.3, -0.25) is 24.0 Å². The van der Waals surface area contributed by atoms with E-state index in [1.54, 1.807) is 19.2 Å². The molecule has 1 aromatic heterocycles. The second-order valence-electron chi connectivity index (χ2n) is 6.33. The van der Waals surface area contributed by atoms with Crippen LogP contribution in [0.1, 0.15) is 18.4 Å². The Labute approximate surface area is 156 Å². The van der Waals surface area contributed by atoms with Crippen molar-refractivity contribution in [1.29, 1.82) is 0 Å². The minimum absolute atomic E-state index is 0.109. The van der Waals surface area contributed by atoms with E-state index < -0.39 is 4.92 Å².